The second-order valence-electron chi connectivity index (χ2n) is 5.61. The minimum Gasteiger partial charge on any atom is -0.378 e. The summed E-state index contributed by atoms with van der Waals surface area (Å²) in [5.74, 6) is 0.984. The predicted molar refractivity (Wildman–Crippen MR) is 111 cm³/mol. The molecule has 6 heteroatoms. The number of likely N-dealkylation sites (tertiary alicyclic amines) is 1. The first-order valence-electron chi connectivity index (χ1n) is 7.96. The number of hydrogen-bond donors (Lipinski definition) is 1. The summed E-state index contributed by atoms with van der Waals surface area (Å²) in [6.07, 6.45) is 2.56. The van der Waals surface area contributed by atoms with Crippen molar-refractivity contribution in [2.24, 2.45) is 4.99 Å². The lowest BCUT2D eigenvalue weighted by molar-refractivity contribution is 0.0263. The Kier molecular flexibility index (Phi) is 9.46. The Hall–Kier alpha value is -0.340. The summed E-state index contributed by atoms with van der Waals surface area (Å²) >= 11 is 3.51. The second kappa shape index (κ2) is 10.5. The number of rotatable bonds is 4. The minimum atomic E-state index is 0. The van der Waals surface area contributed by atoms with E-state index in [1.54, 1.807) is 0 Å². The number of benzene rings is 1. The van der Waals surface area contributed by atoms with E-state index in [1.165, 1.54) is 11.1 Å². The summed E-state index contributed by atoms with van der Waals surface area (Å²) in [4.78, 5) is 6.75. The molecule has 1 aliphatic rings. The summed E-state index contributed by atoms with van der Waals surface area (Å²) in [6, 6.07) is 6.38. The fraction of sp³-hybridized carbons (Fsp3) is 0.588. The van der Waals surface area contributed by atoms with Gasteiger partial charge in [0.2, 0.25) is 0 Å². The molecule has 0 unspecified atom stereocenters. The summed E-state index contributed by atoms with van der Waals surface area (Å²) in [5.41, 5.74) is 2.58. The van der Waals surface area contributed by atoms with Crippen LogP contribution in [0.2, 0.25) is 0 Å². The molecule has 1 aromatic rings. The van der Waals surface area contributed by atoms with Crippen LogP contribution in [0.1, 0.15) is 30.9 Å². The molecule has 1 N–H and O–H groups in total. The Labute approximate surface area is 165 Å². The minimum absolute atomic E-state index is 0. The zero-order valence-electron chi connectivity index (χ0n) is 14.1. The molecule has 0 radical (unpaired) electrons. The van der Waals surface area contributed by atoms with Gasteiger partial charge >= 0.3 is 0 Å². The normalized spacial score (nSPS) is 16.2. The van der Waals surface area contributed by atoms with Gasteiger partial charge in [-0.1, -0.05) is 22.0 Å². The highest BCUT2D eigenvalue weighted by Crippen LogP contribution is 2.16. The summed E-state index contributed by atoms with van der Waals surface area (Å²) in [7, 11) is 1.85. The van der Waals surface area contributed by atoms with Crippen molar-refractivity contribution in [1.29, 1.82) is 0 Å². The quantitative estimate of drug-likeness (QED) is 0.390. The molecule has 1 aliphatic heterocycles. The van der Waals surface area contributed by atoms with E-state index in [2.05, 4.69) is 63.2 Å². The SMILES string of the molecule is CCOC1CCN(C(=NC)NCc2ccc(Br)cc2C)CC1.I. The van der Waals surface area contributed by atoms with Crippen molar-refractivity contribution in [3.05, 3.63) is 33.8 Å². The number of nitrogens with one attached hydrogen (secondary N) is 1. The third-order valence-corrected chi connectivity index (χ3v) is 4.59. The van der Waals surface area contributed by atoms with Crippen LogP contribution in [0.25, 0.3) is 0 Å². The molecule has 0 amide bonds. The highest BCUT2D eigenvalue weighted by atomic mass is 127. The van der Waals surface area contributed by atoms with Gasteiger partial charge in [-0.3, -0.25) is 4.99 Å². The molecule has 130 valence electrons. The van der Waals surface area contributed by atoms with Gasteiger partial charge < -0.3 is 15.0 Å². The van der Waals surface area contributed by atoms with Crippen molar-refractivity contribution in [3.63, 3.8) is 0 Å². The third-order valence-electron chi connectivity index (χ3n) is 4.10. The van der Waals surface area contributed by atoms with Crippen molar-refractivity contribution < 1.29 is 4.74 Å². The second-order valence-corrected chi connectivity index (χ2v) is 6.53. The van der Waals surface area contributed by atoms with Crippen LogP contribution in [0.15, 0.2) is 27.7 Å². The summed E-state index contributed by atoms with van der Waals surface area (Å²) in [6.45, 7) is 7.82. The topological polar surface area (TPSA) is 36.9 Å². The van der Waals surface area contributed by atoms with Gasteiger partial charge in [0.15, 0.2) is 5.96 Å². The maximum atomic E-state index is 5.71. The molecule has 1 fully saturated rings. The summed E-state index contributed by atoms with van der Waals surface area (Å²) < 4.78 is 6.83. The van der Waals surface area contributed by atoms with Crippen molar-refractivity contribution in [2.45, 2.75) is 39.3 Å². The third kappa shape index (κ3) is 6.23. The van der Waals surface area contributed by atoms with Crippen LogP contribution in [-0.2, 0) is 11.3 Å². The number of aliphatic imine (C=N–C) groups is 1. The Morgan fingerprint density at radius 2 is 2.09 bits per heavy atom. The Bertz CT molecular complexity index is 517. The monoisotopic (exact) mass is 495 g/mol. The van der Waals surface area contributed by atoms with Crippen LogP contribution >= 0.6 is 39.9 Å². The van der Waals surface area contributed by atoms with Gasteiger partial charge in [-0.25, -0.2) is 0 Å². The van der Waals surface area contributed by atoms with E-state index in [-0.39, 0.29) is 24.0 Å². The molecule has 0 spiro atoms. The molecule has 1 aromatic carbocycles. The van der Waals surface area contributed by atoms with E-state index < -0.39 is 0 Å². The number of ether oxygens (including phenoxy) is 1. The number of guanidine groups is 1. The maximum Gasteiger partial charge on any atom is 0.193 e. The lowest BCUT2D eigenvalue weighted by Gasteiger charge is -2.34. The predicted octanol–water partition coefficient (Wildman–Crippen LogP) is 3.95. The highest BCUT2D eigenvalue weighted by Gasteiger charge is 2.21. The lowest BCUT2D eigenvalue weighted by atomic mass is 10.1. The molecule has 0 saturated carbocycles. The van der Waals surface area contributed by atoms with Crippen molar-refractivity contribution in [2.75, 3.05) is 26.7 Å². The van der Waals surface area contributed by atoms with Crippen LogP contribution in [0, 0.1) is 6.92 Å². The van der Waals surface area contributed by atoms with Crippen molar-refractivity contribution in [3.8, 4) is 0 Å². The molecule has 23 heavy (non-hydrogen) atoms. The van der Waals surface area contributed by atoms with E-state index in [4.69, 9.17) is 4.74 Å². The van der Waals surface area contributed by atoms with Gasteiger partial charge in [0.25, 0.3) is 0 Å². The Morgan fingerprint density at radius 1 is 1.39 bits per heavy atom. The molecule has 0 atom stereocenters. The van der Waals surface area contributed by atoms with Crippen molar-refractivity contribution in [1.82, 2.24) is 10.2 Å². The van der Waals surface area contributed by atoms with Crippen LogP contribution in [0.5, 0.6) is 0 Å². The standard InChI is InChI=1S/C17H26BrN3O.HI/c1-4-22-16-7-9-21(10-8-16)17(19-3)20-12-14-5-6-15(18)11-13(14)2;/h5-6,11,16H,4,7-10,12H2,1-3H3,(H,19,20);1H. The van der Waals surface area contributed by atoms with E-state index in [0.717, 1.165) is 49.5 Å². The molecule has 2 rings (SSSR count). The first-order valence-corrected chi connectivity index (χ1v) is 8.75. The van der Waals surface area contributed by atoms with Gasteiger partial charge in [-0.2, -0.15) is 0 Å². The smallest absolute Gasteiger partial charge is 0.193 e. The molecule has 1 saturated heterocycles. The van der Waals surface area contributed by atoms with E-state index in [0.29, 0.717) is 6.10 Å². The zero-order valence-corrected chi connectivity index (χ0v) is 18.1. The number of hydrogen-bond acceptors (Lipinski definition) is 2. The summed E-state index contributed by atoms with van der Waals surface area (Å²) in [5, 5.41) is 3.48. The first-order chi connectivity index (χ1) is 10.6. The number of halogens is 2. The largest absolute Gasteiger partial charge is 0.378 e. The van der Waals surface area contributed by atoms with Crippen LogP contribution in [-0.4, -0.2) is 43.7 Å². The molecule has 0 bridgehead atoms. The van der Waals surface area contributed by atoms with Gasteiger partial charge in [0.1, 0.15) is 0 Å². The van der Waals surface area contributed by atoms with Gasteiger partial charge in [-0.05, 0) is 49.9 Å². The average molecular weight is 496 g/mol. The lowest BCUT2D eigenvalue weighted by Crippen LogP contribution is -2.46. The highest BCUT2D eigenvalue weighted by molar-refractivity contribution is 14.0. The Balaban J connectivity index is 0.00000264. The molecule has 0 aromatic heterocycles. The first kappa shape index (κ1) is 20.7. The van der Waals surface area contributed by atoms with Gasteiger partial charge in [0.05, 0.1) is 6.10 Å². The van der Waals surface area contributed by atoms with Crippen LogP contribution < -0.4 is 5.32 Å². The zero-order chi connectivity index (χ0) is 15.9. The number of nitrogens with zero attached hydrogens (tertiary/aromatic N) is 2. The number of aryl methyl sites for hydroxylation is 1. The molecule has 1 heterocycles. The maximum absolute atomic E-state index is 5.71. The van der Waals surface area contributed by atoms with E-state index in [1.807, 2.05) is 7.05 Å². The van der Waals surface area contributed by atoms with Crippen LogP contribution in [0.4, 0.5) is 0 Å². The molecule has 0 aliphatic carbocycles. The van der Waals surface area contributed by atoms with Crippen LogP contribution in [0.3, 0.4) is 0 Å². The van der Waals surface area contributed by atoms with Gasteiger partial charge in [0, 0.05) is 37.8 Å². The fourth-order valence-corrected chi connectivity index (χ4v) is 3.31. The van der Waals surface area contributed by atoms with E-state index in [9.17, 15) is 0 Å². The molecular weight excluding hydrogens is 469 g/mol. The molecular formula is C17H27BrIN3O. The fourth-order valence-electron chi connectivity index (χ4n) is 2.83. The number of piperidine rings is 1. The average Bonchev–Trinajstić information content (AvgIpc) is 2.51. The van der Waals surface area contributed by atoms with E-state index >= 15 is 0 Å². The van der Waals surface area contributed by atoms with Gasteiger partial charge in [-0.15, -0.1) is 24.0 Å². The Morgan fingerprint density at radius 3 is 2.65 bits per heavy atom. The molecule has 4 nitrogen and oxygen atoms in total. The van der Waals surface area contributed by atoms with Crippen molar-refractivity contribution >= 4 is 45.9 Å².